The highest BCUT2D eigenvalue weighted by molar-refractivity contribution is 5.84. The van der Waals surface area contributed by atoms with E-state index in [1.165, 1.54) is 12.1 Å². The van der Waals surface area contributed by atoms with Crippen molar-refractivity contribution in [3.63, 3.8) is 0 Å². The van der Waals surface area contributed by atoms with E-state index in [1.54, 1.807) is 26.0 Å². The van der Waals surface area contributed by atoms with Crippen LogP contribution in [0.25, 0.3) is 0 Å². The Morgan fingerprint density at radius 2 is 1.96 bits per heavy atom. The van der Waals surface area contributed by atoms with E-state index in [2.05, 4.69) is 15.6 Å². The number of halogens is 4. The number of benzene rings is 1. The third-order valence-corrected chi connectivity index (χ3v) is 3.28. The number of aliphatic imine (C=N–C) groups is 1. The average Bonchev–Trinajstić information content (AvgIpc) is 2.57. The maximum Gasteiger partial charge on any atom is 0.406 e. The minimum absolute atomic E-state index is 0.109. The van der Waals surface area contributed by atoms with Gasteiger partial charge in [0, 0.05) is 13.6 Å². The molecule has 2 N–H and O–H groups in total. The summed E-state index contributed by atoms with van der Waals surface area (Å²) >= 11 is 0. The summed E-state index contributed by atoms with van der Waals surface area (Å²) in [5, 5.41) is 5.77. The van der Waals surface area contributed by atoms with Gasteiger partial charge in [0.1, 0.15) is 19.2 Å². The number of rotatable bonds is 8. The molecule has 10 heteroatoms. The number of nitrogens with zero attached hydrogens (tertiary/aromatic N) is 2. The molecule has 27 heavy (non-hydrogen) atoms. The molecule has 1 atom stereocenters. The fourth-order valence-corrected chi connectivity index (χ4v) is 2.01. The zero-order valence-electron chi connectivity index (χ0n) is 15.4. The van der Waals surface area contributed by atoms with Gasteiger partial charge >= 0.3 is 6.18 Å². The minimum atomic E-state index is -4.46. The predicted octanol–water partition coefficient (Wildman–Crippen LogP) is 2.17. The van der Waals surface area contributed by atoms with Gasteiger partial charge in [-0.2, -0.15) is 13.2 Å². The quantitative estimate of drug-likeness (QED) is 0.404. The van der Waals surface area contributed by atoms with Gasteiger partial charge in [-0.3, -0.25) is 4.79 Å². The minimum Gasteiger partial charge on any atom is -0.486 e. The van der Waals surface area contributed by atoms with Gasteiger partial charge in [-0.1, -0.05) is 12.1 Å². The zero-order chi connectivity index (χ0) is 20.4. The maximum atomic E-state index is 13.6. The van der Waals surface area contributed by atoms with E-state index in [4.69, 9.17) is 4.74 Å². The Morgan fingerprint density at radius 1 is 1.30 bits per heavy atom. The van der Waals surface area contributed by atoms with Gasteiger partial charge in [0.2, 0.25) is 5.91 Å². The van der Waals surface area contributed by atoms with Crippen molar-refractivity contribution in [1.29, 1.82) is 0 Å². The van der Waals surface area contributed by atoms with Crippen molar-refractivity contribution in [3.8, 4) is 5.75 Å². The van der Waals surface area contributed by atoms with Crippen LogP contribution in [0.15, 0.2) is 29.3 Å². The number of amides is 1. The maximum absolute atomic E-state index is 13.6. The van der Waals surface area contributed by atoms with Crippen LogP contribution in [0.3, 0.4) is 0 Å². The Hall–Kier alpha value is -2.52. The Labute approximate surface area is 155 Å². The van der Waals surface area contributed by atoms with E-state index >= 15 is 0 Å². The number of ether oxygens (including phenoxy) is 1. The second-order valence-corrected chi connectivity index (χ2v) is 5.80. The molecule has 0 aliphatic heterocycles. The molecule has 1 aromatic rings. The molecular formula is C17H24F4N4O2. The van der Waals surface area contributed by atoms with Crippen LogP contribution < -0.4 is 15.4 Å². The fraction of sp³-hybridized carbons (Fsp3) is 0.529. The van der Waals surface area contributed by atoms with Gasteiger partial charge in [-0.05, 0) is 26.0 Å². The lowest BCUT2D eigenvalue weighted by molar-refractivity contribution is -0.157. The third kappa shape index (κ3) is 9.11. The highest BCUT2D eigenvalue weighted by atomic mass is 19.4. The van der Waals surface area contributed by atoms with Gasteiger partial charge in [-0.15, -0.1) is 0 Å². The molecular weight excluding hydrogens is 368 g/mol. The predicted molar refractivity (Wildman–Crippen MR) is 94.2 cm³/mol. The summed E-state index contributed by atoms with van der Waals surface area (Å²) < 4.78 is 56.0. The highest BCUT2D eigenvalue weighted by Crippen LogP contribution is 2.17. The van der Waals surface area contributed by atoms with Crippen LogP contribution in [0, 0.1) is 5.82 Å². The van der Waals surface area contributed by atoms with E-state index in [-0.39, 0.29) is 18.3 Å². The molecule has 152 valence electrons. The number of hydrogen-bond acceptors (Lipinski definition) is 3. The van der Waals surface area contributed by atoms with Crippen LogP contribution in [0.1, 0.15) is 13.8 Å². The summed E-state index contributed by atoms with van der Waals surface area (Å²) in [6.45, 7) is 2.47. The molecule has 1 amide bonds. The molecule has 0 saturated heterocycles. The smallest absolute Gasteiger partial charge is 0.406 e. The van der Waals surface area contributed by atoms with E-state index in [0.717, 1.165) is 7.05 Å². The SMILES string of the molecule is CCNC(=NCC(=O)N(C)CC(F)(F)F)NCC(C)Oc1ccccc1F. The third-order valence-electron chi connectivity index (χ3n) is 3.28. The van der Waals surface area contributed by atoms with Crippen molar-refractivity contribution in [2.75, 3.05) is 33.2 Å². The van der Waals surface area contributed by atoms with Crippen molar-refractivity contribution in [2.45, 2.75) is 26.1 Å². The van der Waals surface area contributed by atoms with Crippen LogP contribution in [0.5, 0.6) is 5.75 Å². The first-order valence-corrected chi connectivity index (χ1v) is 8.36. The number of guanidine groups is 1. The second-order valence-electron chi connectivity index (χ2n) is 5.80. The number of likely N-dealkylation sites (N-methyl/N-ethyl adjacent to an activating group) is 1. The lowest BCUT2D eigenvalue weighted by Crippen LogP contribution is -2.43. The van der Waals surface area contributed by atoms with Crippen LogP contribution >= 0.6 is 0 Å². The molecule has 0 spiro atoms. The number of carbonyl (C=O) groups excluding carboxylic acids is 1. The number of carbonyl (C=O) groups is 1. The lowest BCUT2D eigenvalue weighted by atomic mass is 10.3. The molecule has 0 bridgehead atoms. The number of para-hydroxylation sites is 1. The molecule has 0 saturated carbocycles. The van der Waals surface area contributed by atoms with Crippen molar-refractivity contribution in [2.24, 2.45) is 4.99 Å². The van der Waals surface area contributed by atoms with E-state index < -0.39 is 37.1 Å². The average molecular weight is 392 g/mol. The van der Waals surface area contributed by atoms with Crippen molar-refractivity contribution in [1.82, 2.24) is 15.5 Å². The van der Waals surface area contributed by atoms with Gasteiger partial charge in [0.25, 0.3) is 0 Å². The van der Waals surface area contributed by atoms with Crippen molar-refractivity contribution >= 4 is 11.9 Å². The molecule has 0 aliphatic rings. The summed E-state index contributed by atoms with van der Waals surface area (Å²) in [6.07, 6.45) is -4.88. The fourth-order valence-electron chi connectivity index (χ4n) is 2.01. The second kappa shape index (κ2) is 10.6. The molecule has 0 aliphatic carbocycles. The van der Waals surface area contributed by atoms with Crippen LogP contribution in [0.2, 0.25) is 0 Å². The van der Waals surface area contributed by atoms with E-state index in [9.17, 15) is 22.4 Å². The summed E-state index contributed by atoms with van der Waals surface area (Å²) in [5.74, 6) is -0.892. The molecule has 0 radical (unpaired) electrons. The number of hydrogen-bond donors (Lipinski definition) is 2. The summed E-state index contributed by atoms with van der Waals surface area (Å²) in [7, 11) is 1.07. The molecule has 1 unspecified atom stereocenters. The Morgan fingerprint density at radius 3 is 2.56 bits per heavy atom. The lowest BCUT2D eigenvalue weighted by Gasteiger charge is -2.19. The molecule has 0 aromatic heterocycles. The standard InChI is InChI=1S/C17H24F4N4O2/c1-4-22-16(24-10-15(26)25(3)11-17(19,20)21)23-9-12(2)27-14-8-6-5-7-13(14)18/h5-8,12H,4,9-11H2,1-3H3,(H2,22,23,24). The summed E-state index contributed by atoms with van der Waals surface area (Å²) in [5.41, 5.74) is 0. The first kappa shape index (κ1) is 22.5. The van der Waals surface area contributed by atoms with Crippen molar-refractivity contribution in [3.05, 3.63) is 30.1 Å². The first-order valence-electron chi connectivity index (χ1n) is 8.36. The van der Waals surface area contributed by atoms with Gasteiger partial charge < -0.3 is 20.3 Å². The Balaban J connectivity index is 2.56. The Kier molecular flexibility index (Phi) is 8.83. The van der Waals surface area contributed by atoms with Crippen LogP contribution in [-0.4, -0.2) is 62.3 Å². The van der Waals surface area contributed by atoms with Gasteiger partial charge in [-0.25, -0.2) is 9.38 Å². The Bertz CT molecular complexity index is 638. The molecule has 0 heterocycles. The zero-order valence-corrected chi connectivity index (χ0v) is 15.4. The number of alkyl halides is 3. The highest BCUT2D eigenvalue weighted by Gasteiger charge is 2.31. The van der Waals surface area contributed by atoms with Crippen molar-refractivity contribution < 1.29 is 27.1 Å². The molecule has 1 aromatic carbocycles. The van der Waals surface area contributed by atoms with Gasteiger partial charge in [0.05, 0.1) is 6.54 Å². The van der Waals surface area contributed by atoms with E-state index in [0.29, 0.717) is 11.4 Å². The molecule has 0 fully saturated rings. The molecule has 6 nitrogen and oxygen atoms in total. The summed E-state index contributed by atoms with van der Waals surface area (Å²) in [6, 6.07) is 5.98. The molecule has 1 rings (SSSR count). The normalized spacial score (nSPS) is 13.1. The van der Waals surface area contributed by atoms with Gasteiger partial charge in [0.15, 0.2) is 17.5 Å². The van der Waals surface area contributed by atoms with Crippen LogP contribution in [0.4, 0.5) is 17.6 Å². The summed E-state index contributed by atoms with van der Waals surface area (Å²) in [4.78, 5) is 16.3. The number of nitrogens with one attached hydrogen (secondary N) is 2. The monoisotopic (exact) mass is 392 g/mol. The van der Waals surface area contributed by atoms with E-state index in [1.807, 2.05) is 0 Å². The first-order chi connectivity index (χ1) is 12.6. The van der Waals surface area contributed by atoms with Crippen LogP contribution in [-0.2, 0) is 4.79 Å². The topological polar surface area (TPSA) is 66.0 Å². The largest absolute Gasteiger partial charge is 0.486 e.